The lowest BCUT2D eigenvalue weighted by Gasteiger charge is -2.05. The Labute approximate surface area is 112 Å². The summed E-state index contributed by atoms with van der Waals surface area (Å²) >= 11 is 0. The summed E-state index contributed by atoms with van der Waals surface area (Å²) in [5.74, 6) is 0.0331. The summed E-state index contributed by atoms with van der Waals surface area (Å²) in [7, 11) is 0. The molecule has 0 saturated heterocycles. The van der Waals surface area contributed by atoms with Crippen molar-refractivity contribution in [2.75, 3.05) is 13.2 Å². The van der Waals surface area contributed by atoms with E-state index in [-0.39, 0.29) is 12.5 Å². The minimum absolute atomic E-state index is 0.0331. The Kier molecular flexibility index (Phi) is 4.58. The van der Waals surface area contributed by atoms with Crippen molar-refractivity contribution >= 4 is 16.8 Å². The molecule has 0 radical (unpaired) electrons. The predicted octanol–water partition coefficient (Wildman–Crippen LogP) is 1.91. The minimum Gasteiger partial charge on any atom is -0.396 e. The zero-order valence-electron chi connectivity index (χ0n) is 11.2. The summed E-state index contributed by atoms with van der Waals surface area (Å²) in [5, 5.41) is 12.7. The molecule has 1 amide bonds. The fraction of sp³-hybridized carbons (Fsp3) is 0.400. The van der Waals surface area contributed by atoms with Crippen molar-refractivity contribution in [3.63, 3.8) is 0 Å². The number of hydrogen-bond acceptors (Lipinski definition) is 2. The molecule has 1 aromatic carbocycles. The lowest BCUT2D eigenvalue weighted by atomic mass is 10.1. The SMILES string of the molecule is Cc1[nH]c2ccccc2c1CC(=O)NCCCCO. The van der Waals surface area contributed by atoms with Gasteiger partial charge in [0.15, 0.2) is 0 Å². The van der Waals surface area contributed by atoms with Crippen LogP contribution in [0.25, 0.3) is 10.9 Å². The fourth-order valence-corrected chi connectivity index (χ4v) is 2.25. The number of aliphatic hydroxyl groups excluding tert-OH is 1. The van der Waals surface area contributed by atoms with E-state index in [1.54, 1.807) is 0 Å². The summed E-state index contributed by atoms with van der Waals surface area (Å²) in [4.78, 5) is 15.2. The molecular weight excluding hydrogens is 240 g/mol. The Hall–Kier alpha value is -1.81. The van der Waals surface area contributed by atoms with Gasteiger partial charge in [-0.3, -0.25) is 4.79 Å². The first-order valence-electron chi connectivity index (χ1n) is 6.66. The molecule has 0 atom stereocenters. The number of hydrogen-bond donors (Lipinski definition) is 3. The Morgan fingerprint density at radius 1 is 1.32 bits per heavy atom. The highest BCUT2D eigenvalue weighted by atomic mass is 16.2. The third-order valence-corrected chi connectivity index (χ3v) is 3.27. The van der Waals surface area contributed by atoms with Gasteiger partial charge in [-0.25, -0.2) is 0 Å². The Bertz CT molecular complexity index is 560. The van der Waals surface area contributed by atoms with Gasteiger partial charge in [-0.2, -0.15) is 0 Å². The minimum atomic E-state index is 0.0331. The van der Waals surface area contributed by atoms with Gasteiger partial charge in [-0.05, 0) is 31.4 Å². The lowest BCUT2D eigenvalue weighted by Crippen LogP contribution is -2.26. The molecule has 19 heavy (non-hydrogen) atoms. The normalized spacial score (nSPS) is 10.8. The number of carbonyl (C=O) groups excluding carboxylic acids is 1. The van der Waals surface area contributed by atoms with Gasteiger partial charge in [-0.15, -0.1) is 0 Å². The van der Waals surface area contributed by atoms with Gasteiger partial charge in [0.2, 0.25) is 5.91 Å². The van der Waals surface area contributed by atoms with E-state index in [9.17, 15) is 4.79 Å². The lowest BCUT2D eigenvalue weighted by molar-refractivity contribution is -0.120. The second-order valence-corrected chi connectivity index (χ2v) is 4.73. The van der Waals surface area contributed by atoms with Crippen LogP contribution in [0.5, 0.6) is 0 Å². The highest BCUT2D eigenvalue weighted by Crippen LogP contribution is 2.22. The molecule has 4 nitrogen and oxygen atoms in total. The van der Waals surface area contributed by atoms with Crippen molar-refractivity contribution in [1.82, 2.24) is 10.3 Å². The van der Waals surface area contributed by atoms with Crippen LogP contribution in [-0.2, 0) is 11.2 Å². The van der Waals surface area contributed by atoms with Crippen LogP contribution in [0, 0.1) is 6.92 Å². The van der Waals surface area contributed by atoms with Gasteiger partial charge >= 0.3 is 0 Å². The zero-order valence-corrected chi connectivity index (χ0v) is 11.2. The molecule has 102 valence electrons. The highest BCUT2D eigenvalue weighted by molar-refractivity contribution is 5.90. The van der Waals surface area contributed by atoms with E-state index in [0.717, 1.165) is 35.0 Å². The van der Waals surface area contributed by atoms with Crippen LogP contribution < -0.4 is 5.32 Å². The van der Waals surface area contributed by atoms with Gasteiger partial charge in [0.25, 0.3) is 0 Å². The van der Waals surface area contributed by atoms with Gasteiger partial charge in [0, 0.05) is 29.7 Å². The number of carbonyl (C=O) groups is 1. The number of fused-ring (bicyclic) bond motifs is 1. The monoisotopic (exact) mass is 260 g/mol. The van der Waals surface area contributed by atoms with Crippen LogP contribution in [0.1, 0.15) is 24.1 Å². The van der Waals surface area contributed by atoms with E-state index in [0.29, 0.717) is 13.0 Å². The van der Waals surface area contributed by atoms with Crippen LogP contribution in [0.3, 0.4) is 0 Å². The number of rotatable bonds is 6. The average Bonchev–Trinajstić information content (AvgIpc) is 2.72. The van der Waals surface area contributed by atoms with Crippen LogP contribution in [0.2, 0.25) is 0 Å². The molecule has 2 aromatic rings. The van der Waals surface area contributed by atoms with Crippen molar-refractivity contribution in [1.29, 1.82) is 0 Å². The number of nitrogens with one attached hydrogen (secondary N) is 2. The standard InChI is InChI=1S/C15H20N2O2/c1-11-13(10-15(19)16-8-4-5-9-18)12-6-2-3-7-14(12)17-11/h2-3,6-7,17-18H,4-5,8-10H2,1H3,(H,16,19). The molecular formula is C15H20N2O2. The third kappa shape index (κ3) is 3.35. The van der Waals surface area contributed by atoms with Crippen LogP contribution in [0.15, 0.2) is 24.3 Å². The largest absolute Gasteiger partial charge is 0.396 e. The summed E-state index contributed by atoms with van der Waals surface area (Å²) in [6.07, 6.45) is 1.94. The summed E-state index contributed by atoms with van der Waals surface area (Å²) < 4.78 is 0. The van der Waals surface area contributed by atoms with E-state index in [1.807, 2.05) is 31.2 Å². The molecule has 0 fully saturated rings. The first kappa shape index (κ1) is 13.6. The third-order valence-electron chi connectivity index (χ3n) is 3.27. The van der Waals surface area contributed by atoms with Gasteiger partial charge in [0.1, 0.15) is 0 Å². The van der Waals surface area contributed by atoms with E-state index in [4.69, 9.17) is 5.11 Å². The van der Waals surface area contributed by atoms with E-state index < -0.39 is 0 Å². The number of aromatic amines is 1. The maximum atomic E-state index is 11.9. The first-order chi connectivity index (χ1) is 9.22. The average molecular weight is 260 g/mol. The second kappa shape index (κ2) is 6.38. The smallest absolute Gasteiger partial charge is 0.224 e. The predicted molar refractivity (Wildman–Crippen MR) is 76.1 cm³/mol. The number of aryl methyl sites for hydroxylation is 1. The second-order valence-electron chi connectivity index (χ2n) is 4.73. The number of unbranched alkanes of at least 4 members (excludes halogenated alkanes) is 1. The topological polar surface area (TPSA) is 65.1 Å². The van der Waals surface area contributed by atoms with Gasteiger partial charge in [-0.1, -0.05) is 18.2 Å². The number of aliphatic hydroxyl groups is 1. The van der Waals surface area contributed by atoms with E-state index in [2.05, 4.69) is 10.3 Å². The summed E-state index contributed by atoms with van der Waals surface area (Å²) in [5.41, 5.74) is 3.19. The molecule has 0 unspecified atom stereocenters. The Morgan fingerprint density at radius 3 is 2.89 bits per heavy atom. The number of benzene rings is 1. The number of aromatic nitrogens is 1. The van der Waals surface area contributed by atoms with Gasteiger partial charge in [0.05, 0.1) is 6.42 Å². The number of H-pyrrole nitrogens is 1. The van der Waals surface area contributed by atoms with Gasteiger partial charge < -0.3 is 15.4 Å². The molecule has 0 aliphatic rings. The quantitative estimate of drug-likeness (QED) is 0.695. The molecule has 0 aliphatic carbocycles. The van der Waals surface area contributed by atoms with Crippen molar-refractivity contribution in [2.24, 2.45) is 0 Å². The molecule has 2 rings (SSSR count). The summed E-state index contributed by atoms with van der Waals surface area (Å²) in [6.45, 7) is 2.80. The van der Waals surface area contributed by atoms with Crippen molar-refractivity contribution in [3.05, 3.63) is 35.5 Å². The number of amides is 1. The molecule has 4 heteroatoms. The molecule has 1 heterocycles. The molecule has 0 bridgehead atoms. The van der Waals surface area contributed by atoms with Crippen LogP contribution in [0.4, 0.5) is 0 Å². The highest BCUT2D eigenvalue weighted by Gasteiger charge is 2.11. The molecule has 0 aliphatic heterocycles. The van der Waals surface area contributed by atoms with Crippen molar-refractivity contribution < 1.29 is 9.90 Å². The molecule has 1 aromatic heterocycles. The number of para-hydroxylation sites is 1. The van der Waals surface area contributed by atoms with Crippen molar-refractivity contribution in [3.8, 4) is 0 Å². The molecule has 0 saturated carbocycles. The van der Waals surface area contributed by atoms with E-state index >= 15 is 0 Å². The molecule has 3 N–H and O–H groups in total. The maximum absolute atomic E-state index is 11.9. The van der Waals surface area contributed by atoms with Crippen LogP contribution in [-0.4, -0.2) is 29.1 Å². The maximum Gasteiger partial charge on any atom is 0.224 e. The molecule has 0 spiro atoms. The van der Waals surface area contributed by atoms with E-state index in [1.165, 1.54) is 0 Å². The Morgan fingerprint density at radius 2 is 2.11 bits per heavy atom. The van der Waals surface area contributed by atoms with Crippen molar-refractivity contribution in [2.45, 2.75) is 26.2 Å². The Balaban J connectivity index is 2.00. The fourth-order valence-electron chi connectivity index (χ4n) is 2.25. The zero-order chi connectivity index (χ0) is 13.7. The van der Waals surface area contributed by atoms with Crippen LogP contribution >= 0.6 is 0 Å². The first-order valence-corrected chi connectivity index (χ1v) is 6.66. The summed E-state index contributed by atoms with van der Waals surface area (Å²) in [6, 6.07) is 8.02.